The fraction of sp³-hybridized carbons (Fsp3) is 0.600. The van der Waals surface area contributed by atoms with Gasteiger partial charge in [-0.25, -0.2) is 9.59 Å². The predicted molar refractivity (Wildman–Crippen MR) is 95.1 cm³/mol. The van der Waals surface area contributed by atoms with E-state index in [9.17, 15) is 9.59 Å². The molecular weight excluding hydrogens is 304 g/mol. The van der Waals surface area contributed by atoms with Crippen molar-refractivity contribution in [3.05, 3.63) is 35.4 Å². The van der Waals surface area contributed by atoms with Gasteiger partial charge in [0.25, 0.3) is 0 Å². The number of esters is 2. The SMILES string of the molecule is CC(C)CC(C)OC(=O)c1ccccc1C(=O)OC(C)CC(C)C. The highest BCUT2D eigenvalue weighted by Crippen LogP contribution is 2.17. The highest BCUT2D eigenvalue weighted by atomic mass is 16.5. The number of hydrogen-bond acceptors (Lipinski definition) is 4. The third-order valence-corrected chi connectivity index (χ3v) is 3.59. The molecular formula is C20H30O4. The van der Waals surface area contributed by atoms with Gasteiger partial charge in [0, 0.05) is 0 Å². The summed E-state index contributed by atoms with van der Waals surface area (Å²) in [6.45, 7) is 12.0. The van der Waals surface area contributed by atoms with Crippen LogP contribution < -0.4 is 0 Å². The van der Waals surface area contributed by atoms with Crippen molar-refractivity contribution in [3.63, 3.8) is 0 Å². The van der Waals surface area contributed by atoms with Crippen molar-refractivity contribution in [2.45, 2.75) is 66.6 Å². The summed E-state index contributed by atoms with van der Waals surface area (Å²) in [4.78, 5) is 24.8. The summed E-state index contributed by atoms with van der Waals surface area (Å²) in [7, 11) is 0. The Bertz CT molecular complexity index is 499. The van der Waals surface area contributed by atoms with Gasteiger partial charge in [0.15, 0.2) is 0 Å². The second-order valence-electron chi connectivity index (χ2n) is 7.24. The molecule has 0 radical (unpaired) electrons. The van der Waals surface area contributed by atoms with Crippen molar-refractivity contribution in [1.82, 2.24) is 0 Å². The molecule has 134 valence electrons. The van der Waals surface area contributed by atoms with Crippen molar-refractivity contribution < 1.29 is 19.1 Å². The zero-order chi connectivity index (χ0) is 18.3. The molecule has 2 unspecified atom stereocenters. The van der Waals surface area contributed by atoms with E-state index in [1.54, 1.807) is 24.3 Å². The topological polar surface area (TPSA) is 52.6 Å². The summed E-state index contributed by atoms with van der Waals surface area (Å²) in [5.41, 5.74) is 0.518. The molecule has 0 saturated carbocycles. The maximum atomic E-state index is 12.4. The first kappa shape index (κ1) is 20.2. The molecule has 0 aliphatic rings. The average Bonchev–Trinajstić information content (AvgIpc) is 2.45. The van der Waals surface area contributed by atoms with Gasteiger partial charge >= 0.3 is 11.9 Å². The Morgan fingerprint density at radius 1 is 0.750 bits per heavy atom. The van der Waals surface area contributed by atoms with E-state index in [0.717, 1.165) is 12.8 Å². The van der Waals surface area contributed by atoms with Crippen LogP contribution in [0, 0.1) is 11.8 Å². The fourth-order valence-corrected chi connectivity index (χ4v) is 2.76. The van der Waals surface area contributed by atoms with E-state index in [0.29, 0.717) is 11.8 Å². The van der Waals surface area contributed by atoms with E-state index in [-0.39, 0.29) is 23.3 Å². The fourth-order valence-electron chi connectivity index (χ4n) is 2.76. The largest absolute Gasteiger partial charge is 0.459 e. The molecule has 0 heterocycles. The first-order valence-electron chi connectivity index (χ1n) is 8.71. The molecule has 4 heteroatoms. The summed E-state index contributed by atoms with van der Waals surface area (Å²) in [6.07, 6.45) is 1.18. The maximum Gasteiger partial charge on any atom is 0.339 e. The van der Waals surface area contributed by atoms with Crippen LogP contribution in [0.1, 0.15) is 75.1 Å². The molecule has 0 bridgehead atoms. The lowest BCUT2D eigenvalue weighted by Crippen LogP contribution is -2.22. The van der Waals surface area contributed by atoms with Crippen molar-refractivity contribution in [1.29, 1.82) is 0 Å². The Morgan fingerprint density at radius 3 is 1.38 bits per heavy atom. The zero-order valence-electron chi connectivity index (χ0n) is 15.7. The van der Waals surface area contributed by atoms with Crippen LogP contribution in [-0.2, 0) is 9.47 Å². The molecule has 0 aromatic heterocycles. The van der Waals surface area contributed by atoms with Crippen LogP contribution in [0.3, 0.4) is 0 Å². The lowest BCUT2D eigenvalue weighted by molar-refractivity contribution is 0.0250. The molecule has 0 fully saturated rings. The molecule has 1 rings (SSSR count). The van der Waals surface area contributed by atoms with Crippen molar-refractivity contribution in [2.75, 3.05) is 0 Å². The molecule has 0 saturated heterocycles. The predicted octanol–water partition coefficient (Wildman–Crippen LogP) is 4.87. The molecule has 0 aliphatic carbocycles. The number of hydrogen-bond donors (Lipinski definition) is 0. The van der Waals surface area contributed by atoms with Crippen LogP contribution in [0.2, 0.25) is 0 Å². The number of carbonyl (C=O) groups excluding carboxylic acids is 2. The molecule has 0 N–H and O–H groups in total. The van der Waals surface area contributed by atoms with Gasteiger partial charge in [0.05, 0.1) is 23.3 Å². The van der Waals surface area contributed by atoms with Crippen molar-refractivity contribution in [3.8, 4) is 0 Å². The number of rotatable bonds is 8. The molecule has 0 spiro atoms. The summed E-state index contributed by atoms with van der Waals surface area (Å²) >= 11 is 0. The summed E-state index contributed by atoms with van der Waals surface area (Å²) in [6, 6.07) is 6.65. The minimum absolute atomic E-state index is 0.193. The monoisotopic (exact) mass is 334 g/mol. The van der Waals surface area contributed by atoms with Gasteiger partial charge in [-0.2, -0.15) is 0 Å². The number of ether oxygens (including phenoxy) is 2. The standard InChI is InChI=1S/C20H30O4/c1-13(2)11-15(5)23-19(21)17-9-7-8-10-18(17)20(22)24-16(6)12-14(3)4/h7-10,13-16H,11-12H2,1-6H3. The van der Waals surface area contributed by atoms with Crippen LogP contribution in [-0.4, -0.2) is 24.1 Å². The van der Waals surface area contributed by atoms with Gasteiger partial charge in [0.2, 0.25) is 0 Å². The Morgan fingerprint density at radius 2 is 1.08 bits per heavy atom. The van der Waals surface area contributed by atoms with E-state index < -0.39 is 11.9 Å². The van der Waals surface area contributed by atoms with E-state index in [1.807, 2.05) is 13.8 Å². The van der Waals surface area contributed by atoms with Gasteiger partial charge in [-0.15, -0.1) is 0 Å². The second-order valence-corrected chi connectivity index (χ2v) is 7.24. The van der Waals surface area contributed by atoms with Gasteiger partial charge in [-0.05, 0) is 50.7 Å². The zero-order valence-corrected chi connectivity index (χ0v) is 15.7. The summed E-state index contributed by atoms with van der Waals surface area (Å²) < 4.78 is 10.9. The molecule has 24 heavy (non-hydrogen) atoms. The van der Waals surface area contributed by atoms with E-state index in [1.165, 1.54) is 0 Å². The Hall–Kier alpha value is -1.84. The van der Waals surface area contributed by atoms with E-state index >= 15 is 0 Å². The Kier molecular flexibility index (Phi) is 7.96. The number of benzene rings is 1. The van der Waals surface area contributed by atoms with Gasteiger partial charge < -0.3 is 9.47 Å². The second kappa shape index (κ2) is 9.45. The smallest absolute Gasteiger partial charge is 0.339 e. The molecule has 1 aromatic carbocycles. The van der Waals surface area contributed by atoms with Crippen molar-refractivity contribution in [2.24, 2.45) is 11.8 Å². The molecule has 4 nitrogen and oxygen atoms in total. The minimum atomic E-state index is -0.479. The highest BCUT2D eigenvalue weighted by molar-refractivity contribution is 6.03. The molecule has 2 atom stereocenters. The van der Waals surface area contributed by atoms with Crippen LogP contribution >= 0.6 is 0 Å². The Balaban J connectivity index is 2.83. The van der Waals surface area contributed by atoms with E-state index in [2.05, 4.69) is 27.7 Å². The summed E-state index contributed by atoms with van der Waals surface area (Å²) in [5, 5.41) is 0. The van der Waals surface area contributed by atoms with Gasteiger partial charge in [-0.3, -0.25) is 0 Å². The first-order valence-corrected chi connectivity index (χ1v) is 8.71. The van der Waals surface area contributed by atoms with Crippen LogP contribution in [0.25, 0.3) is 0 Å². The van der Waals surface area contributed by atoms with Crippen LogP contribution in [0.4, 0.5) is 0 Å². The summed E-state index contributed by atoms with van der Waals surface area (Å²) in [5.74, 6) is -0.0887. The normalized spacial score (nSPS) is 13.7. The minimum Gasteiger partial charge on any atom is -0.459 e. The average molecular weight is 334 g/mol. The first-order chi connectivity index (χ1) is 11.2. The quantitative estimate of drug-likeness (QED) is 0.636. The van der Waals surface area contributed by atoms with Gasteiger partial charge in [-0.1, -0.05) is 39.8 Å². The Labute approximate surface area is 145 Å². The molecule has 0 amide bonds. The third-order valence-electron chi connectivity index (χ3n) is 3.59. The van der Waals surface area contributed by atoms with E-state index in [4.69, 9.17) is 9.47 Å². The van der Waals surface area contributed by atoms with Crippen LogP contribution in [0.15, 0.2) is 24.3 Å². The number of carbonyl (C=O) groups is 2. The lowest BCUT2D eigenvalue weighted by atomic mass is 10.1. The van der Waals surface area contributed by atoms with Crippen LogP contribution in [0.5, 0.6) is 0 Å². The highest BCUT2D eigenvalue weighted by Gasteiger charge is 2.22. The third kappa shape index (κ3) is 6.73. The van der Waals surface area contributed by atoms with Gasteiger partial charge in [0.1, 0.15) is 0 Å². The molecule has 0 aliphatic heterocycles. The lowest BCUT2D eigenvalue weighted by Gasteiger charge is -2.18. The maximum absolute atomic E-state index is 12.4. The van der Waals surface area contributed by atoms with Crippen molar-refractivity contribution >= 4 is 11.9 Å². The molecule has 1 aromatic rings.